The number of hydrogen-bond acceptors (Lipinski definition) is 6. The van der Waals surface area contributed by atoms with Gasteiger partial charge in [-0.1, -0.05) is 6.07 Å². The van der Waals surface area contributed by atoms with E-state index in [1.54, 1.807) is 0 Å². The molecule has 5 rings (SSSR count). The Hall–Kier alpha value is -2.54. The van der Waals surface area contributed by atoms with Crippen molar-refractivity contribution in [3.05, 3.63) is 41.3 Å². The molecule has 0 aliphatic carbocycles. The molecule has 3 aliphatic heterocycles. The zero-order chi connectivity index (χ0) is 16.9. The second kappa shape index (κ2) is 5.49. The molecule has 0 amide bonds. The molecule has 1 spiro atoms. The van der Waals surface area contributed by atoms with E-state index in [-0.39, 0.29) is 5.82 Å². The highest BCUT2D eigenvalue weighted by atomic mass is 19.1. The molecular weight excluding hydrogens is 319 g/mol. The number of nitrogens with one attached hydrogen (secondary N) is 2. The summed E-state index contributed by atoms with van der Waals surface area (Å²) in [6.07, 6.45) is 4.23. The number of hydrogen-bond donors (Lipinski definition) is 2. The lowest BCUT2D eigenvalue weighted by Gasteiger charge is -2.38. The molecule has 128 valence electrons. The SMILES string of the molecule is Fc1cnc(N2CCC3(CNC3)C2)nc1Nc1ccc2c(c1)C=NC2. The average Bonchev–Trinajstić information content (AvgIpc) is 3.23. The Labute approximate surface area is 145 Å². The quantitative estimate of drug-likeness (QED) is 0.897. The number of halogens is 1. The molecule has 2 aromatic rings. The molecule has 2 saturated heterocycles. The molecule has 0 bridgehead atoms. The molecular formula is C18H19FN6. The third-order valence-corrected chi connectivity index (χ3v) is 5.35. The van der Waals surface area contributed by atoms with Gasteiger partial charge in [0.15, 0.2) is 11.6 Å². The highest BCUT2D eigenvalue weighted by molar-refractivity contribution is 5.86. The molecule has 6 nitrogen and oxygen atoms in total. The fraction of sp³-hybridized carbons (Fsp3) is 0.389. The van der Waals surface area contributed by atoms with Crippen molar-refractivity contribution in [1.29, 1.82) is 0 Å². The lowest BCUT2D eigenvalue weighted by atomic mass is 9.81. The van der Waals surface area contributed by atoms with Crippen molar-refractivity contribution in [1.82, 2.24) is 15.3 Å². The Morgan fingerprint density at radius 1 is 1.28 bits per heavy atom. The minimum Gasteiger partial charge on any atom is -0.340 e. The Morgan fingerprint density at radius 3 is 3.00 bits per heavy atom. The second-order valence-corrected chi connectivity index (χ2v) is 7.15. The molecule has 2 N–H and O–H groups in total. The van der Waals surface area contributed by atoms with Gasteiger partial charge in [0.2, 0.25) is 5.95 Å². The highest BCUT2D eigenvalue weighted by Crippen LogP contribution is 2.35. The number of aromatic nitrogens is 2. The van der Waals surface area contributed by atoms with Gasteiger partial charge in [-0.2, -0.15) is 4.98 Å². The summed E-state index contributed by atoms with van der Waals surface area (Å²) in [7, 11) is 0. The predicted octanol–water partition coefficient (Wildman–Crippen LogP) is 2.09. The fourth-order valence-corrected chi connectivity index (χ4v) is 3.79. The van der Waals surface area contributed by atoms with Crippen LogP contribution in [0.1, 0.15) is 17.5 Å². The summed E-state index contributed by atoms with van der Waals surface area (Å²) in [4.78, 5) is 15.0. The number of benzene rings is 1. The molecule has 1 aromatic heterocycles. The first-order valence-electron chi connectivity index (χ1n) is 8.59. The largest absolute Gasteiger partial charge is 0.340 e. The fourth-order valence-electron chi connectivity index (χ4n) is 3.79. The lowest BCUT2D eigenvalue weighted by Crippen LogP contribution is -2.54. The summed E-state index contributed by atoms with van der Waals surface area (Å²) in [6.45, 7) is 4.66. The van der Waals surface area contributed by atoms with Crippen molar-refractivity contribution in [3.63, 3.8) is 0 Å². The van der Waals surface area contributed by atoms with Gasteiger partial charge in [0.25, 0.3) is 0 Å². The normalized spacial score (nSPS) is 20.0. The third kappa shape index (κ3) is 2.55. The van der Waals surface area contributed by atoms with Gasteiger partial charge in [-0.3, -0.25) is 4.99 Å². The molecule has 1 aromatic carbocycles. The molecule has 3 aliphatic rings. The van der Waals surface area contributed by atoms with Crippen molar-refractivity contribution in [2.24, 2.45) is 10.4 Å². The van der Waals surface area contributed by atoms with Crippen molar-refractivity contribution in [2.45, 2.75) is 13.0 Å². The van der Waals surface area contributed by atoms with Crippen molar-refractivity contribution in [3.8, 4) is 0 Å². The van der Waals surface area contributed by atoms with Crippen LogP contribution in [0.25, 0.3) is 0 Å². The van der Waals surface area contributed by atoms with Gasteiger partial charge in [0.05, 0.1) is 12.7 Å². The maximum atomic E-state index is 14.2. The van der Waals surface area contributed by atoms with Crippen LogP contribution in [0.15, 0.2) is 29.4 Å². The summed E-state index contributed by atoms with van der Waals surface area (Å²) < 4.78 is 14.2. The minimum atomic E-state index is -0.447. The average molecular weight is 338 g/mol. The van der Waals surface area contributed by atoms with E-state index < -0.39 is 5.82 Å². The Bertz CT molecular complexity index is 861. The standard InChI is InChI=1S/C18H19FN6/c19-15-8-22-17(25-4-3-18(11-25)9-21-10-18)24-16(15)23-14-2-1-12-6-20-7-13(12)5-14/h1-2,5,7-8,21H,3-4,6,9-11H2,(H,22,23,24). The zero-order valence-corrected chi connectivity index (χ0v) is 13.8. The van der Waals surface area contributed by atoms with Crippen LogP contribution in [0.2, 0.25) is 0 Å². The van der Waals surface area contributed by atoms with E-state index in [0.717, 1.165) is 43.9 Å². The first-order chi connectivity index (χ1) is 12.2. The van der Waals surface area contributed by atoms with Crippen LogP contribution in [-0.4, -0.2) is 42.4 Å². The number of nitrogens with zero attached hydrogens (tertiary/aromatic N) is 4. The van der Waals surface area contributed by atoms with E-state index >= 15 is 0 Å². The Kier molecular flexibility index (Phi) is 3.24. The number of anilines is 3. The van der Waals surface area contributed by atoms with Crippen LogP contribution in [0.3, 0.4) is 0 Å². The topological polar surface area (TPSA) is 65.4 Å². The van der Waals surface area contributed by atoms with E-state index in [4.69, 9.17) is 0 Å². The molecule has 7 heteroatoms. The molecule has 0 atom stereocenters. The molecule has 0 saturated carbocycles. The molecule has 0 radical (unpaired) electrons. The van der Waals surface area contributed by atoms with Crippen LogP contribution in [-0.2, 0) is 6.54 Å². The van der Waals surface area contributed by atoms with Crippen LogP contribution in [0.4, 0.5) is 21.8 Å². The van der Waals surface area contributed by atoms with Gasteiger partial charge in [0.1, 0.15) is 0 Å². The van der Waals surface area contributed by atoms with Gasteiger partial charge in [0, 0.05) is 43.5 Å². The number of aliphatic imine (C=N–C) groups is 1. The summed E-state index contributed by atoms with van der Waals surface area (Å²) in [6, 6.07) is 5.91. The van der Waals surface area contributed by atoms with E-state index in [1.165, 1.54) is 11.8 Å². The second-order valence-electron chi connectivity index (χ2n) is 7.15. The van der Waals surface area contributed by atoms with Crippen LogP contribution in [0, 0.1) is 11.2 Å². The van der Waals surface area contributed by atoms with Gasteiger partial charge < -0.3 is 15.5 Å². The van der Waals surface area contributed by atoms with E-state index in [9.17, 15) is 4.39 Å². The van der Waals surface area contributed by atoms with Gasteiger partial charge in [-0.15, -0.1) is 0 Å². The Morgan fingerprint density at radius 2 is 2.20 bits per heavy atom. The van der Waals surface area contributed by atoms with Crippen molar-refractivity contribution < 1.29 is 4.39 Å². The highest BCUT2D eigenvalue weighted by Gasteiger charge is 2.43. The first kappa shape index (κ1) is 14.8. The van der Waals surface area contributed by atoms with Gasteiger partial charge in [-0.25, -0.2) is 9.37 Å². The smallest absolute Gasteiger partial charge is 0.227 e. The molecule has 2 fully saturated rings. The summed E-state index contributed by atoms with van der Waals surface area (Å²) in [5.74, 6) is 0.361. The van der Waals surface area contributed by atoms with Crippen LogP contribution < -0.4 is 15.5 Å². The van der Waals surface area contributed by atoms with E-state index in [2.05, 4.69) is 30.5 Å². The molecule has 25 heavy (non-hydrogen) atoms. The van der Waals surface area contributed by atoms with Crippen LogP contribution in [0.5, 0.6) is 0 Å². The third-order valence-electron chi connectivity index (χ3n) is 5.35. The minimum absolute atomic E-state index is 0.215. The van der Waals surface area contributed by atoms with Crippen molar-refractivity contribution in [2.75, 3.05) is 36.4 Å². The number of rotatable bonds is 3. The van der Waals surface area contributed by atoms with Crippen molar-refractivity contribution >= 4 is 23.7 Å². The van der Waals surface area contributed by atoms with E-state index in [0.29, 0.717) is 17.9 Å². The van der Waals surface area contributed by atoms with Gasteiger partial charge >= 0.3 is 0 Å². The van der Waals surface area contributed by atoms with Crippen LogP contribution >= 0.6 is 0 Å². The molecule has 4 heterocycles. The van der Waals surface area contributed by atoms with E-state index in [1.807, 2.05) is 24.4 Å². The lowest BCUT2D eigenvalue weighted by molar-refractivity contribution is 0.199. The Balaban J connectivity index is 1.39. The maximum Gasteiger partial charge on any atom is 0.227 e. The summed E-state index contributed by atoms with van der Waals surface area (Å²) in [5, 5.41) is 6.43. The zero-order valence-electron chi connectivity index (χ0n) is 13.8. The monoisotopic (exact) mass is 338 g/mol. The summed E-state index contributed by atoms with van der Waals surface area (Å²) >= 11 is 0. The summed E-state index contributed by atoms with van der Waals surface area (Å²) in [5.41, 5.74) is 3.41. The maximum absolute atomic E-state index is 14.2. The first-order valence-corrected chi connectivity index (χ1v) is 8.59. The molecule has 0 unspecified atom stereocenters. The van der Waals surface area contributed by atoms with Gasteiger partial charge in [-0.05, 0) is 29.7 Å². The number of fused-ring (bicyclic) bond motifs is 1. The predicted molar refractivity (Wildman–Crippen MR) is 95.1 cm³/mol.